The topological polar surface area (TPSA) is 111 Å². The summed E-state index contributed by atoms with van der Waals surface area (Å²) in [4.78, 5) is 37.1. The third kappa shape index (κ3) is 54.6. The quantitative estimate of drug-likeness (QED) is 0.0195. The summed E-state index contributed by atoms with van der Waals surface area (Å²) in [6.45, 7) is 4.64. The molecule has 0 aromatic carbocycles. The second-order valence-electron chi connectivity index (χ2n) is 20.9. The number of carboxylic acids is 1. The lowest BCUT2D eigenvalue weighted by Crippen LogP contribution is -2.44. The predicted octanol–water partition coefficient (Wildman–Crippen LogP) is 15.9. The molecule has 9 heteroatoms. The molecule has 0 aliphatic rings. The number of likely N-dealkylation sites (N-methyl/N-ethyl adjacent to an activating group) is 1. The van der Waals surface area contributed by atoms with Crippen LogP contribution >= 0.6 is 0 Å². The number of allylic oxidation sites excluding steroid dienone is 10. The van der Waals surface area contributed by atoms with Crippen LogP contribution in [0.4, 0.5) is 0 Å². The molecule has 0 saturated carbocycles. The summed E-state index contributed by atoms with van der Waals surface area (Å²) < 4.78 is 22.6. The van der Waals surface area contributed by atoms with Crippen molar-refractivity contribution in [2.75, 3.05) is 47.5 Å². The van der Waals surface area contributed by atoms with Gasteiger partial charge in [0.05, 0.1) is 40.3 Å². The number of quaternary nitrogens is 1. The lowest BCUT2D eigenvalue weighted by molar-refractivity contribution is -0.870. The third-order valence-electron chi connectivity index (χ3n) is 12.8. The van der Waals surface area contributed by atoms with Gasteiger partial charge in [0.1, 0.15) is 13.2 Å². The summed E-state index contributed by atoms with van der Waals surface area (Å²) in [6, 6.07) is 0. The Balaban J connectivity index is 4.01. The average molecular weight is 999 g/mol. The second-order valence-corrected chi connectivity index (χ2v) is 20.9. The molecule has 9 nitrogen and oxygen atoms in total. The minimum Gasteiger partial charge on any atom is -0.545 e. The summed E-state index contributed by atoms with van der Waals surface area (Å²) in [5, 5.41) is 11.7. The van der Waals surface area contributed by atoms with E-state index < -0.39 is 24.3 Å². The molecule has 0 aromatic heterocycles. The highest BCUT2D eigenvalue weighted by molar-refractivity contribution is 5.70. The number of hydrogen-bond acceptors (Lipinski definition) is 8. The van der Waals surface area contributed by atoms with Gasteiger partial charge in [-0.1, -0.05) is 248 Å². The van der Waals surface area contributed by atoms with Gasteiger partial charge in [-0.3, -0.25) is 9.59 Å². The Kier molecular flexibility index (Phi) is 51.0. The minimum atomic E-state index is -1.62. The van der Waals surface area contributed by atoms with E-state index in [2.05, 4.69) is 74.6 Å². The van der Waals surface area contributed by atoms with Crippen molar-refractivity contribution in [3.8, 4) is 0 Å². The predicted molar refractivity (Wildman–Crippen MR) is 297 cm³/mol. The van der Waals surface area contributed by atoms with Gasteiger partial charge in [0.2, 0.25) is 0 Å². The van der Waals surface area contributed by atoms with E-state index in [0.717, 1.165) is 64.2 Å². The summed E-state index contributed by atoms with van der Waals surface area (Å²) in [5.41, 5.74) is 0. The fourth-order valence-corrected chi connectivity index (χ4v) is 8.27. The Morgan fingerprint density at radius 1 is 0.437 bits per heavy atom. The van der Waals surface area contributed by atoms with Gasteiger partial charge in [0.15, 0.2) is 12.4 Å². The molecule has 0 aliphatic carbocycles. The number of ether oxygens (including phenoxy) is 4. The van der Waals surface area contributed by atoms with Crippen molar-refractivity contribution in [2.45, 2.75) is 270 Å². The standard InChI is InChI=1S/C62H111NO8/c1-6-8-10-12-14-16-18-19-20-21-22-23-24-25-26-27-28-29-30-31-32-33-34-35-36-37-38-39-40-41-43-45-47-49-51-53-60(65)71-58(57-70-62(61(66)67)68-55-54-63(3,4)5)56-69-59(64)52-50-48-46-44-42-17-15-13-11-9-7-2/h8,10,14,16,19-20,22-23,25-26,58,62H,6-7,9,11-13,15,17-18,21,24,27-57H2,1-5H3/b10-8-,16-14-,20-19-,23-22-,26-25-. The number of aliphatic carboxylic acids is 1. The molecule has 2 unspecified atom stereocenters. The highest BCUT2D eigenvalue weighted by atomic mass is 16.7. The zero-order valence-corrected chi connectivity index (χ0v) is 46.8. The monoisotopic (exact) mass is 998 g/mol. The molecule has 0 fully saturated rings. The molecule has 0 heterocycles. The van der Waals surface area contributed by atoms with Gasteiger partial charge in [0.25, 0.3) is 0 Å². The van der Waals surface area contributed by atoms with Crippen molar-refractivity contribution in [1.29, 1.82) is 0 Å². The van der Waals surface area contributed by atoms with Crippen molar-refractivity contribution >= 4 is 17.9 Å². The van der Waals surface area contributed by atoms with E-state index in [1.54, 1.807) is 0 Å². The maximum absolute atomic E-state index is 12.8. The highest BCUT2D eigenvalue weighted by Crippen LogP contribution is 2.17. The van der Waals surface area contributed by atoms with Crippen molar-refractivity contribution in [3.63, 3.8) is 0 Å². The smallest absolute Gasteiger partial charge is 0.306 e. The molecule has 0 rings (SSSR count). The van der Waals surface area contributed by atoms with Crippen molar-refractivity contribution < 1.29 is 42.9 Å². The van der Waals surface area contributed by atoms with Crippen LogP contribution in [0.15, 0.2) is 60.8 Å². The number of nitrogens with zero attached hydrogens (tertiary/aromatic N) is 1. The molecule has 71 heavy (non-hydrogen) atoms. The van der Waals surface area contributed by atoms with E-state index in [-0.39, 0.29) is 32.2 Å². The first-order valence-corrected chi connectivity index (χ1v) is 29.4. The van der Waals surface area contributed by atoms with Crippen LogP contribution in [-0.2, 0) is 33.3 Å². The summed E-state index contributed by atoms with van der Waals surface area (Å²) in [6.07, 6.45) is 64.3. The molecular formula is C62H111NO8. The number of carboxylic acid groups (broad SMARTS) is 1. The van der Waals surface area contributed by atoms with E-state index in [0.29, 0.717) is 23.9 Å². The van der Waals surface area contributed by atoms with Crippen LogP contribution in [0, 0.1) is 0 Å². The van der Waals surface area contributed by atoms with Crippen LogP contribution in [0.3, 0.4) is 0 Å². The number of rotatable bonds is 54. The zero-order chi connectivity index (χ0) is 52.0. The maximum atomic E-state index is 12.8. The van der Waals surface area contributed by atoms with Gasteiger partial charge < -0.3 is 33.3 Å². The van der Waals surface area contributed by atoms with E-state index in [4.69, 9.17) is 18.9 Å². The normalized spacial score (nSPS) is 13.2. The van der Waals surface area contributed by atoms with Crippen LogP contribution in [0.1, 0.15) is 258 Å². The number of hydrogen-bond donors (Lipinski definition) is 0. The van der Waals surface area contributed by atoms with E-state index in [1.807, 2.05) is 21.1 Å². The SMILES string of the molecule is CC/C=C\C/C=C\C/C=C\C/C=C\C/C=C\CCCCCCCCCCCCCCCCCCCCCC(=O)OC(COC(=O)CCCCCCCCCCCCC)COC(OCC[N+](C)(C)C)C(=O)[O-]. The lowest BCUT2D eigenvalue weighted by Gasteiger charge is -2.26. The van der Waals surface area contributed by atoms with Gasteiger partial charge >= 0.3 is 11.9 Å². The fourth-order valence-electron chi connectivity index (χ4n) is 8.27. The lowest BCUT2D eigenvalue weighted by atomic mass is 10.0. The number of carbonyl (C=O) groups is 3. The van der Waals surface area contributed by atoms with Crippen LogP contribution < -0.4 is 5.11 Å². The molecule has 0 radical (unpaired) electrons. The first-order valence-electron chi connectivity index (χ1n) is 29.4. The van der Waals surface area contributed by atoms with E-state index in [1.165, 1.54) is 161 Å². The number of esters is 2. The summed E-state index contributed by atoms with van der Waals surface area (Å²) in [5.74, 6) is -2.27. The molecule has 0 spiro atoms. The Labute approximate surface area is 437 Å². The van der Waals surface area contributed by atoms with Gasteiger partial charge in [-0.05, 0) is 57.8 Å². The Hall–Kier alpha value is -3.01. The van der Waals surface area contributed by atoms with E-state index in [9.17, 15) is 19.5 Å². The molecule has 0 saturated heterocycles. The fraction of sp³-hybridized carbons (Fsp3) is 0.790. The summed E-state index contributed by atoms with van der Waals surface area (Å²) >= 11 is 0. The molecule has 0 aliphatic heterocycles. The highest BCUT2D eigenvalue weighted by Gasteiger charge is 2.22. The molecule has 412 valence electrons. The largest absolute Gasteiger partial charge is 0.545 e. The van der Waals surface area contributed by atoms with Gasteiger partial charge in [0, 0.05) is 12.8 Å². The number of carbonyl (C=O) groups excluding carboxylic acids is 3. The van der Waals surface area contributed by atoms with Gasteiger partial charge in [-0.25, -0.2) is 0 Å². The first-order chi connectivity index (χ1) is 34.6. The molecule has 2 atom stereocenters. The zero-order valence-electron chi connectivity index (χ0n) is 46.8. The Morgan fingerprint density at radius 3 is 1.20 bits per heavy atom. The van der Waals surface area contributed by atoms with Crippen LogP contribution in [-0.4, -0.2) is 82.3 Å². The first kappa shape index (κ1) is 68.0. The van der Waals surface area contributed by atoms with Gasteiger partial charge in [-0.15, -0.1) is 0 Å². The van der Waals surface area contributed by atoms with E-state index >= 15 is 0 Å². The Bertz CT molecular complexity index is 1350. The molecule has 0 N–H and O–H groups in total. The third-order valence-corrected chi connectivity index (χ3v) is 12.8. The summed E-state index contributed by atoms with van der Waals surface area (Å²) in [7, 11) is 5.92. The van der Waals surface area contributed by atoms with Crippen LogP contribution in [0.25, 0.3) is 0 Å². The van der Waals surface area contributed by atoms with Crippen molar-refractivity contribution in [2.24, 2.45) is 0 Å². The van der Waals surface area contributed by atoms with Crippen molar-refractivity contribution in [3.05, 3.63) is 60.8 Å². The second kappa shape index (κ2) is 53.3. The number of unbranched alkanes of at least 4 members (excludes halogenated alkanes) is 29. The maximum Gasteiger partial charge on any atom is 0.306 e. The van der Waals surface area contributed by atoms with Gasteiger partial charge in [-0.2, -0.15) is 0 Å². The van der Waals surface area contributed by atoms with Crippen LogP contribution in [0.5, 0.6) is 0 Å². The molecule has 0 aromatic rings. The molecule has 0 bridgehead atoms. The molecular weight excluding hydrogens is 887 g/mol. The Morgan fingerprint density at radius 2 is 0.803 bits per heavy atom. The van der Waals surface area contributed by atoms with Crippen LogP contribution in [0.2, 0.25) is 0 Å². The minimum absolute atomic E-state index is 0.149. The molecule has 0 amide bonds. The van der Waals surface area contributed by atoms with Crippen molar-refractivity contribution in [1.82, 2.24) is 0 Å². The average Bonchev–Trinajstić information content (AvgIpc) is 3.34.